The number of halogens is 2. The highest BCUT2D eigenvalue weighted by Gasteiger charge is 2.34. The van der Waals surface area contributed by atoms with Crippen molar-refractivity contribution in [1.82, 2.24) is 4.90 Å². The Hall–Kier alpha value is -2.89. The van der Waals surface area contributed by atoms with Crippen LogP contribution in [0.3, 0.4) is 0 Å². The number of nitrogens with zero attached hydrogens (tertiary/aromatic N) is 1. The Kier molecular flexibility index (Phi) is 7.78. The second-order valence-electron chi connectivity index (χ2n) is 8.83. The Balaban J connectivity index is 1.69. The third-order valence-electron chi connectivity index (χ3n) is 6.38. The third-order valence-corrected chi connectivity index (χ3v) is 6.93. The molecule has 0 radical (unpaired) electrons. The molecule has 1 aliphatic heterocycles. The Morgan fingerprint density at radius 3 is 2.31 bits per heavy atom. The number of hydrogen-bond acceptors (Lipinski definition) is 4. The van der Waals surface area contributed by atoms with Crippen LogP contribution in [-0.2, 0) is 6.42 Å². The van der Waals surface area contributed by atoms with Crippen LogP contribution >= 0.6 is 23.2 Å². The number of carbonyl (C=O) groups excluding carboxylic acids is 1. The first-order chi connectivity index (χ1) is 16.8. The van der Waals surface area contributed by atoms with Gasteiger partial charge in [-0.2, -0.15) is 0 Å². The normalized spacial score (nSPS) is 15.1. The smallest absolute Gasteiger partial charge is 0.256 e. The zero-order chi connectivity index (χ0) is 25.1. The number of hydrogen-bond donors (Lipinski definition) is 0. The Bertz CT molecular complexity index is 1210. The van der Waals surface area contributed by atoms with Gasteiger partial charge in [-0.1, -0.05) is 49.2 Å². The molecule has 3 aromatic rings. The van der Waals surface area contributed by atoms with Gasteiger partial charge in [0.15, 0.2) is 11.5 Å². The molecule has 7 heteroatoms. The zero-order valence-corrected chi connectivity index (χ0v) is 21.8. The van der Waals surface area contributed by atoms with Crippen LogP contribution in [0.4, 0.5) is 0 Å². The molecule has 0 saturated heterocycles. The fourth-order valence-electron chi connectivity index (χ4n) is 4.39. The number of amides is 1. The quantitative estimate of drug-likeness (QED) is 0.342. The monoisotopic (exact) mass is 513 g/mol. The van der Waals surface area contributed by atoms with E-state index in [0.29, 0.717) is 46.0 Å². The number of rotatable bonds is 7. The molecule has 1 aliphatic rings. The Morgan fingerprint density at radius 2 is 1.69 bits per heavy atom. The van der Waals surface area contributed by atoms with Gasteiger partial charge < -0.3 is 19.1 Å². The van der Waals surface area contributed by atoms with Gasteiger partial charge in [-0.15, -0.1) is 0 Å². The molecule has 1 atom stereocenters. The van der Waals surface area contributed by atoms with Crippen LogP contribution < -0.4 is 14.2 Å². The van der Waals surface area contributed by atoms with Crippen molar-refractivity contribution >= 4 is 29.1 Å². The SMILES string of the molecule is COc1cc2c(cc1OC)[C@@H](COc1ccc(C(C)C)cc1)N(C(=O)c1ccc(Cl)cc1Cl)CC2. The van der Waals surface area contributed by atoms with E-state index in [-0.39, 0.29) is 18.6 Å². The van der Waals surface area contributed by atoms with Crippen LogP contribution in [-0.4, -0.2) is 38.2 Å². The fourth-order valence-corrected chi connectivity index (χ4v) is 4.88. The fraction of sp³-hybridized carbons (Fsp3) is 0.321. The lowest BCUT2D eigenvalue weighted by atomic mass is 9.91. The second-order valence-corrected chi connectivity index (χ2v) is 9.67. The van der Waals surface area contributed by atoms with Crippen LogP contribution in [0.5, 0.6) is 17.2 Å². The maximum Gasteiger partial charge on any atom is 0.256 e. The van der Waals surface area contributed by atoms with Crippen molar-refractivity contribution in [2.45, 2.75) is 32.2 Å². The van der Waals surface area contributed by atoms with Gasteiger partial charge in [0.2, 0.25) is 0 Å². The largest absolute Gasteiger partial charge is 0.493 e. The molecule has 3 aromatic carbocycles. The molecule has 4 rings (SSSR count). The van der Waals surface area contributed by atoms with E-state index in [9.17, 15) is 4.79 Å². The van der Waals surface area contributed by atoms with E-state index >= 15 is 0 Å². The molecule has 5 nitrogen and oxygen atoms in total. The molecule has 0 bridgehead atoms. The molecular weight excluding hydrogens is 485 g/mol. The number of benzene rings is 3. The van der Waals surface area contributed by atoms with Gasteiger partial charge in [0.25, 0.3) is 5.91 Å². The lowest BCUT2D eigenvalue weighted by molar-refractivity contribution is 0.0589. The topological polar surface area (TPSA) is 48.0 Å². The van der Waals surface area contributed by atoms with Crippen molar-refractivity contribution in [2.24, 2.45) is 0 Å². The van der Waals surface area contributed by atoms with Crippen LogP contribution in [0, 0.1) is 0 Å². The predicted molar refractivity (Wildman–Crippen MR) is 140 cm³/mol. The summed E-state index contributed by atoms with van der Waals surface area (Å²) in [6, 6.07) is 16.6. The molecular formula is C28H29Cl2NO4. The summed E-state index contributed by atoms with van der Waals surface area (Å²) in [5.41, 5.74) is 3.71. The van der Waals surface area contributed by atoms with E-state index in [1.807, 2.05) is 29.2 Å². The molecule has 0 spiro atoms. The highest BCUT2D eigenvalue weighted by Crippen LogP contribution is 2.39. The van der Waals surface area contributed by atoms with Crippen molar-refractivity contribution in [1.29, 1.82) is 0 Å². The Labute approximate surface area is 216 Å². The maximum atomic E-state index is 13.6. The summed E-state index contributed by atoms with van der Waals surface area (Å²) in [6.45, 7) is 5.10. The number of carbonyl (C=O) groups is 1. The Morgan fingerprint density at radius 1 is 1.00 bits per heavy atom. The summed E-state index contributed by atoms with van der Waals surface area (Å²) in [6.07, 6.45) is 0.673. The van der Waals surface area contributed by atoms with E-state index in [2.05, 4.69) is 26.0 Å². The van der Waals surface area contributed by atoms with E-state index < -0.39 is 0 Å². The first-order valence-corrected chi connectivity index (χ1v) is 12.3. The molecule has 35 heavy (non-hydrogen) atoms. The first-order valence-electron chi connectivity index (χ1n) is 11.6. The molecule has 1 heterocycles. The third kappa shape index (κ3) is 5.36. The number of fused-ring (bicyclic) bond motifs is 1. The van der Waals surface area contributed by atoms with Crippen LogP contribution in [0.25, 0.3) is 0 Å². The summed E-state index contributed by atoms with van der Waals surface area (Å²) < 4.78 is 17.3. The summed E-state index contributed by atoms with van der Waals surface area (Å²) in [5, 5.41) is 0.807. The standard InChI is InChI=1S/C28H29Cl2NO4/c1-17(2)18-5-8-21(9-6-18)35-16-25-23-15-27(34-4)26(33-3)13-19(23)11-12-31(25)28(32)22-10-7-20(29)14-24(22)30/h5-10,13-15,17,25H,11-12,16H2,1-4H3/t25-/m1/s1. The van der Waals surface area contributed by atoms with Crippen molar-refractivity contribution in [3.8, 4) is 17.2 Å². The molecule has 0 saturated carbocycles. The highest BCUT2D eigenvalue weighted by molar-refractivity contribution is 6.36. The molecule has 0 N–H and O–H groups in total. The summed E-state index contributed by atoms with van der Waals surface area (Å²) in [7, 11) is 3.22. The van der Waals surface area contributed by atoms with Gasteiger partial charge in [-0.25, -0.2) is 0 Å². The van der Waals surface area contributed by atoms with Crippen LogP contribution in [0.2, 0.25) is 10.0 Å². The van der Waals surface area contributed by atoms with Gasteiger partial charge in [0, 0.05) is 11.6 Å². The van der Waals surface area contributed by atoms with Gasteiger partial charge in [0.05, 0.1) is 30.8 Å². The van der Waals surface area contributed by atoms with Crippen LogP contribution in [0.15, 0.2) is 54.6 Å². The average Bonchev–Trinajstić information content (AvgIpc) is 2.86. The first kappa shape index (κ1) is 25.2. The minimum absolute atomic E-state index is 0.171. The van der Waals surface area contributed by atoms with Gasteiger partial charge in [0.1, 0.15) is 12.4 Å². The maximum absolute atomic E-state index is 13.6. The van der Waals surface area contributed by atoms with Gasteiger partial charge in [-0.05, 0) is 71.5 Å². The van der Waals surface area contributed by atoms with Gasteiger partial charge in [-0.3, -0.25) is 4.79 Å². The molecule has 0 fully saturated rings. The molecule has 0 aromatic heterocycles. The highest BCUT2D eigenvalue weighted by atomic mass is 35.5. The summed E-state index contributed by atoms with van der Waals surface area (Å²) >= 11 is 12.5. The van der Waals surface area contributed by atoms with E-state index in [4.69, 9.17) is 37.4 Å². The van der Waals surface area contributed by atoms with E-state index in [1.165, 1.54) is 5.56 Å². The summed E-state index contributed by atoms with van der Waals surface area (Å²) in [4.78, 5) is 15.5. The van der Waals surface area contributed by atoms with E-state index in [0.717, 1.165) is 16.9 Å². The number of methoxy groups -OCH3 is 2. The minimum Gasteiger partial charge on any atom is -0.493 e. The minimum atomic E-state index is -0.345. The van der Waals surface area contributed by atoms with E-state index in [1.54, 1.807) is 32.4 Å². The molecule has 1 amide bonds. The van der Waals surface area contributed by atoms with Crippen molar-refractivity contribution in [2.75, 3.05) is 27.4 Å². The summed E-state index contributed by atoms with van der Waals surface area (Å²) in [5.74, 6) is 2.29. The molecule has 0 aliphatic carbocycles. The molecule has 184 valence electrons. The zero-order valence-electron chi connectivity index (χ0n) is 20.3. The number of ether oxygens (including phenoxy) is 3. The van der Waals surface area contributed by atoms with Crippen molar-refractivity contribution in [3.05, 3.63) is 86.9 Å². The average molecular weight is 514 g/mol. The van der Waals surface area contributed by atoms with Crippen molar-refractivity contribution in [3.63, 3.8) is 0 Å². The lowest BCUT2D eigenvalue weighted by Gasteiger charge is -2.38. The predicted octanol–water partition coefficient (Wildman–Crippen LogP) is 6.95. The lowest BCUT2D eigenvalue weighted by Crippen LogP contribution is -2.42. The second kappa shape index (κ2) is 10.8. The van der Waals surface area contributed by atoms with Crippen LogP contribution in [0.1, 0.15) is 52.9 Å². The molecule has 0 unspecified atom stereocenters. The van der Waals surface area contributed by atoms with Gasteiger partial charge >= 0.3 is 0 Å². The van der Waals surface area contributed by atoms with Crippen molar-refractivity contribution < 1.29 is 19.0 Å².